The highest BCUT2D eigenvalue weighted by molar-refractivity contribution is 7.89. The average Bonchev–Trinajstić information content (AvgIpc) is 2.43. The van der Waals surface area contributed by atoms with Gasteiger partial charge in [-0.25, -0.2) is 17.9 Å². The van der Waals surface area contributed by atoms with Gasteiger partial charge in [0.25, 0.3) is 0 Å². The number of aliphatic hydroxyl groups excluding tert-OH is 1. The summed E-state index contributed by atoms with van der Waals surface area (Å²) in [6, 6.07) is 6.01. The second-order valence-electron chi connectivity index (χ2n) is 3.54. The molecule has 0 saturated carbocycles. The van der Waals surface area contributed by atoms with Gasteiger partial charge < -0.3 is 14.6 Å². The molecule has 1 unspecified atom stereocenters. The van der Waals surface area contributed by atoms with Gasteiger partial charge in [0, 0.05) is 6.54 Å². The Balaban J connectivity index is 2.85. The summed E-state index contributed by atoms with van der Waals surface area (Å²) in [7, 11) is -1.44. The van der Waals surface area contributed by atoms with Crippen molar-refractivity contribution in [2.45, 2.75) is 11.0 Å². The molecular weight excluding hydrogens is 274 g/mol. The Labute approximate surface area is 111 Å². The molecular formula is C11H15NO6S. The minimum absolute atomic E-state index is 0.0745. The molecule has 8 heteroatoms. The van der Waals surface area contributed by atoms with Crippen molar-refractivity contribution < 1.29 is 27.8 Å². The van der Waals surface area contributed by atoms with E-state index in [9.17, 15) is 18.3 Å². The molecule has 0 aliphatic heterocycles. The van der Waals surface area contributed by atoms with Crippen LogP contribution in [-0.4, -0.2) is 46.4 Å². The number of carbonyl (C=O) groups is 1. The number of carbonyl (C=O) groups excluding carboxylic acids is 1. The molecule has 7 nitrogen and oxygen atoms in total. The number of benzene rings is 1. The summed E-state index contributed by atoms with van der Waals surface area (Å²) in [4.78, 5) is 10.9. The number of para-hydroxylation sites is 1. The number of rotatable bonds is 6. The van der Waals surface area contributed by atoms with Crippen molar-refractivity contribution in [2.75, 3.05) is 20.8 Å². The van der Waals surface area contributed by atoms with E-state index in [1.165, 1.54) is 25.3 Å². The van der Waals surface area contributed by atoms with Gasteiger partial charge >= 0.3 is 5.97 Å². The summed E-state index contributed by atoms with van der Waals surface area (Å²) in [6.07, 6.45) is -1.56. The third-order valence-corrected chi connectivity index (χ3v) is 3.76. The Bertz CT molecular complexity index is 542. The van der Waals surface area contributed by atoms with E-state index >= 15 is 0 Å². The first kappa shape index (κ1) is 15.4. The van der Waals surface area contributed by atoms with Crippen molar-refractivity contribution in [1.82, 2.24) is 4.72 Å². The molecule has 1 atom stereocenters. The second-order valence-corrected chi connectivity index (χ2v) is 5.28. The molecule has 19 heavy (non-hydrogen) atoms. The smallest absolute Gasteiger partial charge is 0.336 e. The predicted molar refractivity (Wildman–Crippen MR) is 66.2 cm³/mol. The molecule has 0 heterocycles. The third kappa shape index (κ3) is 3.91. The maximum absolute atomic E-state index is 12.0. The molecule has 1 aromatic carbocycles. The number of hydrogen-bond acceptors (Lipinski definition) is 6. The summed E-state index contributed by atoms with van der Waals surface area (Å²) < 4.78 is 35.3. The Morgan fingerprint density at radius 2 is 2.00 bits per heavy atom. The SMILES string of the molecule is COC(=O)C(O)CNS(=O)(=O)c1ccccc1OC. The van der Waals surface area contributed by atoms with Crippen molar-refractivity contribution in [3.05, 3.63) is 24.3 Å². The van der Waals surface area contributed by atoms with Crippen LogP contribution in [-0.2, 0) is 19.6 Å². The molecule has 1 aromatic rings. The molecule has 0 aromatic heterocycles. The van der Waals surface area contributed by atoms with E-state index in [2.05, 4.69) is 9.46 Å². The Morgan fingerprint density at radius 1 is 1.37 bits per heavy atom. The van der Waals surface area contributed by atoms with Crippen LogP contribution in [0.4, 0.5) is 0 Å². The molecule has 0 spiro atoms. The largest absolute Gasteiger partial charge is 0.495 e. The van der Waals surface area contributed by atoms with E-state index in [0.717, 1.165) is 7.11 Å². The molecule has 0 aliphatic carbocycles. The number of aliphatic hydroxyl groups is 1. The molecule has 0 amide bonds. The van der Waals surface area contributed by atoms with Gasteiger partial charge in [-0.3, -0.25) is 0 Å². The molecule has 2 N–H and O–H groups in total. The van der Waals surface area contributed by atoms with Gasteiger partial charge in [0.2, 0.25) is 10.0 Å². The number of nitrogens with one attached hydrogen (secondary N) is 1. The zero-order chi connectivity index (χ0) is 14.5. The van der Waals surface area contributed by atoms with Gasteiger partial charge in [-0.1, -0.05) is 12.1 Å². The van der Waals surface area contributed by atoms with E-state index in [-0.39, 0.29) is 10.6 Å². The normalized spacial score (nSPS) is 12.8. The zero-order valence-electron chi connectivity index (χ0n) is 10.5. The number of methoxy groups -OCH3 is 2. The Hall–Kier alpha value is -1.64. The lowest BCUT2D eigenvalue weighted by atomic mass is 10.3. The lowest BCUT2D eigenvalue weighted by Gasteiger charge is -2.12. The van der Waals surface area contributed by atoms with E-state index < -0.39 is 28.6 Å². The topological polar surface area (TPSA) is 102 Å². The van der Waals surface area contributed by atoms with Crippen LogP contribution in [0.25, 0.3) is 0 Å². The van der Waals surface area contributed by atoms with E-state index in [4.69, 9.17) is 4.74 Å². The number of esters is 1. The first-order valence-corrected chi connectivity index (χ1v) is 6.79. The molecule has 0 aliphatic rings. The van der Waals surface area contributed by atoms with Crippen LogP contribution < -0.4 is 9.46 Å². The van der Waals surface area contributed by atoms with Crippen LogP contribution in [0.1, 0.15) is 0 Å². The van der Waals surface area contributed by atoms with Crippen molar-refractivity contribution in [3.8, 4) is 5.75 Å². The molecule has 0 saturated heterocycles. The highest BCUT2D eigenvalue weighted by Gasteiger charge is 2.22. The van der Waals surface area contributed by atoms with Crippen LogP contribution in [0.2, 0.25) is 0 Å². The van der Waals surface area contributed by atoms with Crippen LogP contribution in [0.3, 0.4) is 0 Å². The van der Waals surface area contributed by atoms with Crippen molar-refractivity contribution in [2.24, 2.45) is 0 Å². The fourth-order valence-electron chi connectivity index (χ4n) is 1.33. The number of ether oxygens (including phenoxy) is 2. The van der Waals surface area contributed by atoms with E-state index in [1.54, 1.807) is 6.07 Å². The van der Waals surface area contributed by atoms with Gasteiger partial charge in [-0.15, -0.1) is 0 Å². The van der Waals surface area contributed by atoms with E-state index in [1.807, 2.05) is 0 Å². The molecule has 0 fully saturated rings. The van der Waals surface area contributed by atoms with Crippen molar-refractivity contribution in [3.63, 3.8) is 0 Å². The highest BCUT2D eigenvalue weighted by Crippen LogP contribution is 2.22. The van der Waals surface area contributed by atoms with Crippen LogP contribution in [0.15, 0.2) is 29.2 Å². The van der Waals surface area contributed by atoms with Crippen molar-refractivity contribution in [1.29, 1.82) is 0 Å². The van der Waals surface area contributed by atoms with Gasteiger partial charge in [0.1, 0.15) is 10.6 Å². The lowest BCUT2D eigenvalue weighted by molar-refractivity contribution is -0.149. The summed E-state index contributed by atoms with van der Waals surface area (Å²) in [5.74, 6) is -0.745. The molecule has 1 rings (SSSR count). The van der Waals surface area contributed by atoms with E-state index in [0.29, 0.717) is 0 Å². The van der Waals surface area contributed by atoms with Gasteiger partial charge in [0.15, 0.2) is 6.10 Å². The summed E-state index contributed by atoms with van der Waals surface area (Å²) in [6.45, 7) is -0.479. The number of hydrogen-bond donors (Lipinski definition) is 2. The first-order valence-electron chi connectivity index (χ1n) is 5.31. The van der Waals surface area contributed by atoms with Gasteiger partial charge in [-0.05, 0) is 12.1 Å². The fourth-order valence-corrected chi connectivity index (χ4v) is 2.53. The minimum atomic E-state index is -3.88. The number of sulfonamides is 1. The highest BCUT2D eigenvalue weighted by atomic mass is 32.2. The lowest BCUT2D eigenvalue weighted by Crippen LogP contribution is -2.37. The maximum Gasteiger partial charge on any atom is 0.336 e. The molecule has 0 bridgehead atoms. The fraction of sp³-hybridized carbons (Fsp3) is 0.364. The van der Waals surface area contributed by atoms with Crippen LogP contribution in [0.5, 0.6) is 5.75 Å². The third-order valence-electron chi connectivity index (χ3n) is 2.30. The van der Waals surface area contributed by atoms with Gasteiger partial charge in [0.05, 0.1) is 14.2 Å². The Kier molecular flexibility index (Phi) is 5.28. The summed E-state index contributed by atoms with van der Waals surface area (Å²) in [5, 5.41) is 9.32. The summed E-state index contributed by atoms with van der Waals surface area (Å²) >= 11 is 0. The monoisotopic (exact) mass is 289 g/mol. The van der Waals surface area contributed by atoms with Crippen LogP contribution >= 0.6 is 0 Å². The second kappa shape index (κ2) is 6.50. The van der Waals surface area contributed by atoms with Crippen molar-refractivity contribution >= 4 is 16.0 Å². The average molecular weight is 289 g/mol. The Morgan fingerprint density at radius 3 is 2.58 bits per heavy atom. The van der Waals surface area contributed by atoms with Crippen LogP contribution in [0, 0.1) is 0 Å². The predicted octanol–water partition coefficient (Wildman–Crippen LogP) is -0.493. The summed E-state index contributed by atoms with van der Waals surface area (Å²) in [5.41, 5.74) is 0. The molecule has 0 radical (unpaired) electrons. The maximum atomic E-state index is 12.0. The molecule has 106 valence electrons. The minimum Gasteiger partial charge on any atom is -0.495 e. The zero-order valence-corrected chi connectivity index (χ0v) is 11.3. The van der Waals surface area contributed by atoms with Gasteiger partial charge in [-0.2, -0.15) is 0 Å². The standard InChI is InChI=1S/C11H15NO6S/c1-17-9-5-3-4-6-10(9)19(15,16)12-7-8(13)11(14)18-2/h3-6,8,12-13H,7H2,1-2H3. The quantitative estimate of drug-likeness (QED) is 0.685. The first-order chi connectivity index (χ1) is 8.92.